The molecule has 2 rings (SSSR count). The highest BCUT2D eigenvalue weighted by Crippen LogP contribution is 2.28. The van der Waals surface area contributed by atoms with Crippen molar-refractivity contribution in [1.82, 2.24) is 5.32 Å². The fourth-order valence-corrected chi connectivity index (χ4v) is 2.95. The molecule has 0 saturated heterocycles. The van der Waals surface area contributed by atoms with Gasteiger partial charge in [-0.2, -0.15) is 0 Å². The minimum Gasteiger partial charge on any atom is -0.313 e. The van der Waals surface area contributed by atoms with E-state index < -0.39 is 0 Å². The lowest BCUT2D eigenvalue weighted by molar-refractivity contribution is 0.328. The monoisotopic (exact) mass is 241 g/mol. The van der Waals surface area contributed by atoms with Crippen LogP contribution in [0.2, 0.25) is 0 Å². The van der Waals surface area contributed by atoms with Crippen molar-refractivity contribution in [2.45, 2.75) is 45.6 Å². The summed E-state index contributed by atoms with van der Waals surface area (Å²) in [4.78, 5) is 0. The highest BCUT2D eigenvalue weighted by Gasteiger charge is 2.24. The summed E-state index contributed by atoms with van der Waals surface area (Å²) in [6.07, 6.45) is 4.71. The third-order valence-corrected chi connectivity index (χ3v) is 3.92. The summed E-state index contributed by atoms with van der Waals surface area (Å²) in [7, 11) is 0. The molecule has 1 aliphatic rings. The second-order valence-corrected chi connectivity index (χ2v) is 5.07. The van der Waals surface area contributed by atoms with Crippen LogP contribution in [-0.2, 0) is 12.8 Å². The van der Waals surface area contributed by atoms with E-state index in [4.69, 9.17) is 0 Å². The zero-order chi connectivity index (χ0) is 12.8. The minimum absolute atomic E-state index is 0.552. The summed E-state index contributed by atoms with van der Waals surface area (Å²) in [6, 6.07) is 9.44. The predicted molar refractivity (Wildman–Crippen MR) is 77.5 cm³/mol. The summed E-state index contributed by atoms with van der Waals surface area (Å²) in [5.41, 5.74) is 3.09. The Morgan fingerprint density at radius 2 is 2.11 bits per heavy atom. The number of aryl methyl sites for hydroxylation is 1. The fourth-order valence-electron chi connectivity index (χ4n) is 2.95. The van der Waals surface area contributed by atoms with Crippen LogP contribution in [0.3, 0.4) is 0 Å². The average Bonchev–Trinajstić information content (AvgIpc) is 2.43. The van der Waals surface area contributed by atoms with Crippen LogP contribution in [0.1, 0.15) is 37.8 Å². The topological polar surface area (TPSA) is 12.0 Å². The van der Waals surface area contributed by atoms with Crippen molar-refractivity contribution in [3.05, 3.63) is 35.4 Å². The zero-order valence-corrected chi connectivity index (χ0v) is 11.5. The molecule has 0 heterocycles. The molecule has 0 aromatic heterocycles. The Kier molecular flexibility index (Phi) is 4.84. The van der Waals surface area contributed by atoms with E-state index in [1.165, 1.54) is 19.3 Å². The number of nitrogens with one attached hydrogen (secondary N) is 1. The third-order valence-electron chi connectivity index (χ3n) is 3.92. The first-order valence-electron chi connectivity index (χ1n) is 7.05. The van der Waals surface area contributed by atoms with Gasteiger partial charge < -0.3 is 5.32 Å². The van der Waals surface area contributed by atoms with Crippen molar-refractivity contribution >= 4 is 0 Å². The molecular weight excluding hydrogens is 218 g/mol. The number of hydrogen-bond donors (Lipinski definition) is 1. The minimum atomic E-state index is 0.552. The first-order chi connectivity index (χ1) is 8.85. The first-order valence-corrected chi connectivity index (χ1v) is 7.05. The molecule has 96 valence electrons. The second kappa shape index (κ2) is 6.61. The van der Waals surface area contributed by atoms with E-state index in [0.29, 0.717) is 6.04 Å². The smallest absolute Gasteiger partial charge is 0.0246 e. The molecule has 0 saturated carbocycles. The molecule has 2 atom stereocenters. The molecule has 1 aromatic carbocycles. The standard InChI is InChI=1S/C17H23N/c1-3-5-10-17(18-4-2)16-12-11-14-8-6-7-9-15(14)13-16/h6-9,16-18H,4,10-13H2,1-2H3. The van der Waals surface area contributed by atoms with Gasteiger partial charge in [-0.3, -0.25) is 0 Å². The molecule has 0 fully saturated rings. The SMILES string of the molecule is CC#CCC(NCC)C1CCc2ccccc2C1. The van der Waals surface area contributed by atoms with Gasteiger partial charge in [-0.05, 0) is 49.8 Å². The molecule has 18 heavy (non-hydrogen) atoms. The van der Waals surface area contributed by atoms with Gasteiger partial charge in [0, 0.05) is 12.5 Å². The normalized spacial score (nSPS) is 19.6. The van der Waals surface area contributed by atoms with Crippen LogP contribution in [0.25, 0.3) is 0 Å². The number of rotatable bonds is 4. The van der Waals surface area contributed by atoms with Gasteiger partial charge in [0.1, 0.15) is 0 Å². The predicted octanol–water partition coefficient (Wildman–Crippen LogP) is 3.18. The Morgan fingerprint density at radius 3 is 2.83 bits per heavy atom. The summed E-state index contributed by atoms with van der Waals surface area (Å²) >= 11 is 0. The van der Waals surface area contributed by atoms with Gasteiger partial charge in [0.05, 0.1) is 0 Å². The molecule has 2 unspecified atom stereocenters. The van der Waals surface area contributed by atoms with Gasteiger partial charge in [0.2, 0.25) is 0 Å². The van der Waals surface area contributed by atoms with Gasteiger partial charge in [-0.25, -0.2) is 0 Å². The molecule has 0 amide bonds. The molecule has 0 radical (unpaired) electrons. The van der Waals surface area contributed by atoms with Gasteiger partial charge in [-0.15, -0.1) is 11.8 Å². The Labute approximate surface area is 111 Å². The summed E-state index contributed by atoms with van der Waals surface area (Å²) in [5, 5.41) is 3.62. The Balaban J connectivity index is 2.06. The lowest BCUT2D eigenvalue weighted by Gasteiger charge is -2.31. The van der Waals surface area contributed by atoms with Gasteiger partial charge in [-0.1, -0.05) is 31.2 Å². The highest BCUT2D eigenvalue weighted by molar-refractivity contribution is 5.30. The molecular formula is C17H23N. The van der Waals surface area contributed by atoms with Gasteiger partial charge in [0.15, 0.2) is 0 Å². The Bertz CT molecular complexity index is 438. The van der Waals surface area contributed by atoms with Gasteiger partial charge in [0.25, 0.3) is 0 Å². The van der Waals surface area contributed by atoms with Gasteiger partial charge >= 0.3 is 0 Å². The van der Waals surface area contributed by atoms with E-state index >= 15 is 0 Å². The zero-order valence-electron chi connectivity index (χ0n) is 11.5. The van der Waals surface area contributed by atoms with Crippen molar-refractivity contribution in [3.63, 3.8) is 0 Å². The van der Waals surface area contributed by atoms with Crippen LogP contribution in [0.4, 0.5) is 0 Å². The maximum atomic E-state index is 3.62. The highest BCUT2D eigenvalue weighted by atomic mass is 14.9. The van der Waals surface area contributed by atoms with E-state index in [1.807, 2.05) is 6.92 Å². The van der Waals surface area contributed by atoms with E-state index in [1.54, 1.807) is 11.1 Å². The van der Waals surface area contributed by atoms with Crippen molar-refractivity contribution in [1.29, 1.82) is 0 Å². The maximum Gasteiger partial charge on any atom is 0.0246 e. The first kappa shape index (κ1) is 13.2. The van der Waals surface area contributed by atoms with Crippen LogP contribution in [-0.4, -0.2) is 12.6 Å². The lowest BCUT2D eigenvalue weighted by Crippen LogP contribution is -2.38. The molecule has 0 bridgehead atoms. The number of hydrogen-bond acceptors (Lipinski definition) is 1. The van der Waals surface area contributed by atoms with E-state index in [2.05, 4.69) is 48.3 Å². The van der Waals surface area contributed by atoms with Crippen LogP contribution in [0.15, 0.2) is 24.3 Å². The average molecular weight is 241 g/mol. The summed E-state index contributed by atoms with van der Waals surface area (Å²) in [6.45, 7) is 5.15. The molecule has 0 spiro atoms. The summed E-state index contributed by atoms with van der Waals surface area (Å²) in [5.74, 6) is 7.00. The van der Waals surface area contributed by atoms with E-state index in [9.17, 15) is 0 Å². The maximum absolute atomic E-state index is 3.62. The van der Waals surface area contributed by atoms with Crippen molar-refractivity contribution in [2.24, 2.45) is 5.92 Å². The second-order valence-electron chi connectivity index (χ2n) is 5.07. The molecule has 0 aliphatic heterocycles. The molecule has 1 N–H and O–H groups in total. The largest absolute Gasteiger partial charge is 0.313 e. The number of fused-ring (bicyclic) bond motifs is 1. The quantitative estimate of drug-likeness (QED) is 0.798. The van der Waals surface area contributed by atoms with Crippen LogP contribution < -0.4 is 5.32 Å². The fraction of sp³-hybridized carbons (Fsp3) is 0.529. The molecule has 1 aromatic rings. The Morgan fingerprint density at radius 1 is 1.33 bits per heavy atom. The molecule has 1 aliphatic carbocycles. The van der Waals surface area contributed by atoms with Crippen LogP contribution in [0.5, 0.6) is 0 Å². The third kappa shape index (κ3) is 3.15. The van der Waals surface area contributed by atoms with Crippen molar-refractivity contribution < 1.29 is 0 Å². The number of benzene rings is 1. The van der Waals surface area contributed by atoms with Crippen LogP contribution in [0, 0.1) is 17.8 Å². The van der Waals surface area contributed by atoms with E-state index in [-0.39, 0.29) is 0 Å². The van der Waals surface area contributed by atoms with Crippen molar-refractivity contribution in [3.8, 4) is 11.8 Å². The van der Waals surface area contributed by atoms with E-state index in [0.717, 1.165) is 18.9 Å². The lowest BCUT2D eigenvalue weighted by atomic mass is 9.79. The molecule has 1 nitrogen and oxygen atoms in total. The summed E-state index contributed by atoms with van der Waals surface area (Å²) < 4.78 is 0. The molecule has 1 heteroatoms. The van der Waals surface area contributed by atoms with Crippen molar-refractivity contribution in [2.75, 3.05) is 6.54 Å². The van der Waals surface area contributed by atoms with Crippen LogP contribution >= 0.6 is 0 Å². The Hall–Kier alpha value is -1.26.